The van der Waals surface area contributed by atoms with Gasteiger partial charge in [0, 0.05) is 9.02 Å². The van der Waals surface area contributed by atoms with Gasteiger partial charge in [-0.2, -0.15) is 0 Å². The molecule has 0 aliphatic rings. The fourth-order valence-corrected chi connectivity index (χ4v) is 2.95. The summed E-state index contributed by atoms with van der Waals surface area (Å²) >= 11 is 0. The first kappa shape index (κ1) is 7.94. The zero-order valence-electron chi connectivity index (χ0n) is 5.25. The molecule has 1 aromatic heterocycles. The van der Waals surface area contributed by atoms with Crippen molar-refractivity contribution in [2.75, 3.05) is 0 Å². The van der Waals surface area contributed by atoms with Gasteiger partial charge in [-0.3, -0.25) is 0 Å². The van der Waals surface area contributed by atoms with E-state index in [1.165, 1.54) is 0 Å². The molecule has 1 aromatic rings. The highest BCUT2D eigenvalue weighted by molar-refractivity contribution is 7.50. The van der Waals surface area contributed by atoms with Gasteiger partial charge >= 0.3 is 25.1 Å². The third kappa shape index (κ3) is 2.62. The highest BCUT2D eigenvalue weighted by Crippen LogP contribution is 2.18. The summed E-state index contributed by atoms with van der Waals surface area (Å²) in [5.41, 5.74) is 0. The smallest absolute Gasteiger partial charge is 0.366 e. The molecule has 0 aromatic carbocycles. The standard InChI is InChI=1S/C3H5N3OP3/c1-2-3-7-10-5-8-4-9-6-10/h2-3H,1H3/q+1. The van der Waals surface area contributed by atoms with E-state index in [0.29, 0.717) is 0 Å². The molecule has 0 unspecified atom stereocenters. The lowest BCUT2D eigenvalue weighted by atomic mass is 10.8. The van der Waals surface area contributed by atoms with Crippen LogP contribution in [0.5, 0.6) is 0 Å². The predicted molar refractivity (Wildman–Crippen MR) is 43.4 cm³/mol. The summed E-state index contributed by atoms with van der Waals surface area (Å²) in [6.45, 7) is 1.89. The maximum Gasteiger partial charge on any atom is 0.413 e. The Kier molecular flexibility index (Phi) is 3.67. The molecule has 0 radical (unpaired) electrons. The van der Waals surface area contributed by atoms with Crippen LogP contribution in [0, 0.1) is 0 Å². The number of aromatic nitrogens is 3. The molecule has 0 saturated carbocycles. The van der Waals surface area contributed by atoms with E-state index in [9.17, 15) is 0 Å². The van der Waals surface area contributed by atoms with Crippen LogP contribution in [0.25, 0.3) is 0 Å². The number of hydrogen-bond acceptors (Lipinski definition) is 4. The summed E-state index contributed by atoms with van der Waals surface area (Å²) in [6, 6.07) is 0. The Morgan fingerprint density at radius 1 is 1.40 bits per heavy atom. The lowest BCUT2D eigenvalue weighted by molar-refractivity contribution is 0.623. The highest BCUT2D eigenvalue weighted by atomic mass is 31.2. The zero-order valence-corrected chi connectivity index (χ0v) is 7.93. The van der Waals surface area contributed by atoms with Gasteiger partial charge in [0.25, 0.3) is 0 Å². The van der Waals surface area contributed by atoms with Crippen molar-refractivity contribution < 1.29 is 4.52 Å². The molecular weight excluding hydrogens is 187 g/mol. The molecule has 52 valence electrons. The summed E-state index contributed by atoms with van der Waals surface area (Å²) in [7, 11) is 0.541. The van der Waals surface area contributed by atoms with Crippen molar-refractivity contribution in [3.05, 3.63) is 12.3 Å². The number of nitrogens with zero attached hydrogens (tertiary/aromatic N) is 3. The first-order valence-electron chi connectivity index (χ1n) is 2.53. The fourth-order valence-electron chi connectivity index (χ4n) is 0.297. The third-order valence-corrected chi connectivity index (χ3v) is 3.42. The summed E-state index contributed by atoms with van der Waals surface area (Å²) < 4.78 is 16.9. The SMILES string of the molecule is CC=CO[p+]1npnpn1. The predicted octanol–water partition coefficient (Wildman–Crippen LogP) is 2.26. The van der Waals surface area contributed by atoms with Gasteiger partial charge in [-0.25, -0.2) is 0 Å². The van der Waals surface area contributed by atoms with Gasteiger partial charge in [0.05, 0.1) is 0 Å². The number of allylic oxidation sites excluding steroid dienone is 1. The number of hydrogen-bond donors (Lipinski definition) is 0. The Bertz CT molecular complexity index is 215. The van der Waals surface area contributed by atoms with Crippen molar-refractivity contribution in [1.29, 1.82) is 0 Å². The van der Waals surface area contributed by atoms with Crippen molar-refractivity contribution in [2.24, 2.45) is 0 Å². The second-order valence-electron chi connectivity index (χ2n) is 1.27. The fraction of sp³-hybridized carbons (Fsp3) is 0.333. The maximum atomic E-state index is 5.11. The van der Waals surface area contributed by atoms with Crippen molar-refractivity contribution in [1.82, 2.24) is 13.5 Å². The molecular formula is C3H5N3OP3+. The van der Waals surface area contributed by atoms with E-state index >= 15 is 0 Å². The van der Waals surface area contributed by atoms with E-state index in [0.717, 1.165) is 17.0 Å². The lowest BCUT2D eigenvalue weighted by Gasteiger charge is -1.82. The topological polar surface area (TPSA) is 47.9 Å². The minimum absolute atomic E-state index is 0.737. The minimum atomic E-state index is -0.933. The van der Waals surface area contributed by atoms with E-state index in [1.807, 2.05) is 13.0 Å². The van der Waals surface area contributed by atoms with Crippen LogP contribution < -0.4 is 4.52 Å². The maximum absolute atomic E-state index is 5.11. The largest absolute Gasteiger partial charge is 0.413 e. The van der Waals surface area contributed by atoms with Gasteiger partial charge in [-0.05, 0) is 11.4 Å². The van der Waals surface area contributed by atoms with Crippen molar-refractivity contribution in [2.45, 2.75) is 6.92 Å². The van der Waals surface area contributed by atoms with E-state index in [1.54, 1.807) is 6.26 Å². The Hall–Kier alpha value is -0.160. The molecule has 1 heterocycles. The Balaban J connectivity index is 2.59. The quantitative estimate of drug-likeness (QED) is 0.674. The molecule has 0 bridgehead atoms. The highest BCUT2D eigenvalue weighted by Gasteiger charge is 2.00. The molecule has 0 saturated heterocycles. The molecule has 1 rings (SSSR count). The molecule has 0 spiro atoms. The van der Waals surface area contributed by atoms with Crippen LogP contribution >= 0.6 is 25.1 Å². The molecule has 0 aliphatic carbocycles. The van der Waals surface area contributed by atoms with Crippen molar-refractivity contribution in [3.8, 4) is 0 Å². The molecule has 0 fully saturated rings. The van der Waals surface area contributed by atoms with Crippen molar-refractivity contribution in [3.63, 3.8) is 0 Å². The molecule has 4 nitrogen and oxygen atoms in total. The summed E-state index contributed by atoms with van der Waals surface area (Å²) in [6.07, 6.45) is 3.42. The molecule has 0 atom stereocenters. The third-order valence-electron chi connectivity index (χ3n) is 0.604. The molecule has 7 heteroatoms. The van der Waals surface area contributed by atoms with Crippen LogP contribution in [-0.4, -0.2) is 13.5 Å². The summed E-state index contributed by atoms with van der Waals surface area (Å²) in [5, 5.41) is 0. The van der Waals surface area contributed by atoms with Crippen LogP contribution in [0.15, 0.2) is 12.3 Å². The van der Waals surface area contributed by atoms with Crippen LogP contribution in [-0.2, 0) is 0 Å². The Labute approximate surface area is 63.1 Å². The van der Waals surface area contributed by atoms with Crippen LogP contribution in [0.3, 0.4) is 0 Å². The average Bonchev–Trinajstić information content (AvgIpc) is 2.03. The van der Waals surface area contributed by atoms with Crippen LogP contribution in [0.2, 0.25) is 0 Å². The van der Waals surface area contributed by atoms with E-state index < -0.39 is 8.08 Å². The molecule has 0 aliphatic heterocycles. The van der Waals surface area contributed by atoms with Crippen LogP contribution in [0.1, 0.15) is 6.92 Å². The van der Waals surface area contributed by atoms with Gasteiger partial charge in [0.1, 0.15) is 6.26 Å². The second kappa shape index (κ2) is 4.62. The van der Waals surface area contributed by atoms with E-state index in [2.05, 4.69) is 13.5 Å². The zero-order chi connectivity index (χ0) is 7.23. The van der Waals surface area contributed by atoms with Gasteiger partial charge < -0.3 is 4.52 Å². The average molecular weight is 192 g/mol. The Morgan fingerprint density at radius 2 is 2.10 bits per heavy atom. The van der Waals surface area contributed by atoms with Gasteiger partial charge in [0.15, 0.2) is 0 Å². The number of rotatable bonds is 2. The van der Waals surface area contributed by atoms with E-state index in [-0.39, 0.29) is 0 Å². The van der Waals surface area contributed by atoms with Gasteiger partial charge in [-0.1, -0.05) is 6.08 Å². The first-order chi connectivity index (χ1) is 4.93. The minimum Gasteiger partial charge on any atom is -0.366 e. The second-order valence-corrected chi connectivity index (χ2v) is 4.50. The molecule has 0 amide bonds. The van der Waals surface area contributed by atoms with Crippen molar-refractivity contribution >= 4 is 25.1 Å². The first-order valence-corrected chi connectivity index (χ1v) is 5.29. The molecule has 10 heavy (non-hydrogen) atoms. The summed E-state index contributed by atoms with van der Waals surface area (Å²) in [4.78, 5) is 0. The van der Waals surface area contributed by atoms with Crippen LogP contribution in [0.4, 0.5) is 0 Å². The summed E-state index contributed by atoms with van der Waals surface area (Å²) in [5.74, 6) is 0. The normalized spacial score (nSPS) is 13.5. The monoisotopic (exact) mass is 192 g/mol. The molecule has 0 N–H and O–H groups in total. The van der Waals surface area contributed by atoms with Gasteiger partial charge in [-0.15, -0.1) is 0 Å². The Morgan fingerprint density at radius 3 is 2.70 bits per heavy atom. The van der Waals surface area contributed by atoms with Gasteiger partial charge in [0.2, 0.25) is 0 Å². The van der Waals surface area contributed by atoms with E-state index in [4.69, 9.17) is 4.52 Å². The lowest BCUT2D eigenvalue weighted by Crippen LogP contribution is -1.77.